The van der Waals surface area contributed by atoms with Crippen molar-refractivity contribution in [3.63, 3.8) is 0 Å². The summed E-state index contributed by atoms with van der Waals surface area (Å²) in [5, 5.41) is 13.1. The van der Waals surface area contributed by atoms with E-state index >= 15 is 0 Å². The minimum Gasteiger partial charge on any atom is -0.497 e. The molecule has 0 saturated carbocycles. The molecule has 0 aliphatic rings. The summed E-state index contributed by atoms with van der Waals surface area (Å²) in [4.78, 5) is 3.36. The minimum absolute atomic E-state index is 0.808. The Morgan fingerprint density at radius 3 is 2.55 bits per heavy atom. The Labute approximate surface area is 116 Å². The largest absolute Gasteiger partial charge is 0.497 e. The number of aromatic amines is 1. The topological polar surface area (TPSA) is 57.6 Å². The summed E-state index contributed by atoms with van der Waals surface area (Å²) in [5.41, 5.74) is 3.81. The van der Waals surface area contributed by atoms with Gasteiger partial charge >= 0.3 is 0 Å². The normalized spacial score (nSPS) is 11.2. The molecule has 1 heterocycles. The molecule has 0 fully saturated rings. The molecule has 0 aliphatic heterocycles. The van der Waals surface area contributed by atoms with Crippen LogP contribution < -0.4 is 4.74 Å². The number of oxime groups is 1. The van der Waals surface area contributed by atoms with Crippen LogP contribution in [0.2, 0.25) is 0 Å². The van der Waals surface area contributed by atoms with Gasteiger partial charge in [0.2, 0.25) is 0 Å². The third-order valence-electron chi connectivity index (χ3n) is 3.31. The van der Waals surface area contributed by atoms with E-state index in [1.54, 1.807) is 7.11 Å². The van der Waals surface area contributed by atoms with Crippen LogP contribution in [0.3, 0.4) is 0 Å². The van der Waals surface area contributed by atoms with Crippen LogP contribution >= 0.6 is 0 Å². The SMILES string of the molecule is COc1ccc(-c2[nH]c3ccccc3c2C=NO)cc1. The summed E-state index contributed by atoms with van der Waals surface area (Å²) in [6, 6.07) is 15.7. The molecule has 100 valence electrons. The quantitative estimate of drug-likeness (QED) is 0.432. The van der Waals surface area contributed by atoms with Gasteiger partial charge in [0.25, 0.3) is 0 Å². The van der Waals surface area contributed by atoms with Crippen molar-refractivity contribution in [3.8, 4) is 17.0 Å². The second-order valence-corrected chi connectivity index (χ2v) is 4.43. The third kappa shape index (κ3) is 2.01. The maximum absolute atomic E-state index is 8.89. The zero-order valence-electron chi connectivity index (χ0n) is 11.0. The molecule has 2 N–H and O–H groups in total. The highest BCUT2D eigenvalue weighted by atomic mass is 16.5. The first-order valence-electron chi connectivity index (χ1n) is 6.26. The summed E-state index contributed by atoms with van der Waals surface area (Å²) < 4.78 is 5.17. The van der Waals surface area contributed by atoms with Crippen LogP contribution in [0.1, 0.15) is 5.56 Å². The van der Waals surface area contributed by atoms with E-state index in [1.165, 1.54) is 6.21 Å². The highest BCUT2D eigenvalue weighted by Crippen LogP contribution is 2.30. The van der Waals surface area contributed by atoms with Crippen molar-refractivity contribution in [3.05, 3.63) is 54.1 Å². The van der Waals surface area contributed by atoms with Gasteiger partial charge in [0.05, 0.1) is 19.0 Å². The van der Waals surface area contributed by atoms with Gasteiger partial charge in [-0.1, -0.05) is 23.4 Å². The van der Waals surface area contributed by atoms with Crippen LogP contribution in [0.4, 0.5) is 0 Å². The summed E-state index contributed by atoms with van der Waals surface area (Å²) in [6.45, 7) is 0. The van der Waals surface area contributed by atoms with Gasteiger partial charge in [-0.15, -0.1) is 0 Å². The number of methoxy groups -OCH3 is 1. The zero-order valence-corrected chi connectivity index (χ0v) is 11.0. The molecule has 4 heteroatoms. The lowest BCUT2D eigenvalue weighted by Crippen LogP contribution is -1.87. The van der Waals surface area contributed by atoms with E-state index in [0.29, 0.717) is 0 Å². The minimum atomic E-state index is 0.808. The van der Waals surface area contributed by atoms with Gasteiger partial charge in [-0.2, -0.15) is 0 Å². The Morgan fingerprint density at radius 2 is 1.85 bits per heavy atom. The monoisotopic (exact) mass is 266 g/mol. The molecule has 0 unspecified atom stereocenters. The Balaban J connectivity index is 2.20. The summed E-state index contributed by atoms with van der Waals surface area (Å²) in [6.07, 6.45) is 1.46. The Kier molecular flexibility index (Phi) is 3.13. The number of rotatable bonds is 3. The van der Waals surface area contributed by atoms with Crippen LogP contribution in [-0.2, 0) is 0 Å². The lowest BCUT2D eigenvalue weighted by Gasteiger charge is -2.03. The van der Waals surface area contributed by atoms with Crippen molar-refractivity contribution in [2.24, 2.45) is 5.16 Å². The number of H-pyrrole nitrogens is 1. The Bertz CT molecular complexity index is 758. The van der Waals surface area contributed by atoms with Crippen molar-refractivity contribution in [2.45, 2.75) is 0 Å². The van der Waals surface area contributed by atoms with Crippen molar-refractivity contribution in [2.75, 3.05) is 7.11 Å². The Hall–Kier alpha value is -2.75. The number of nitrogens with one attached hydrogen (secondary N) is 1. The predicted molar refractivity (Wildman–Crippen MR) is 79.7 cm³/mol. The highest BCUT2D eigenvalue weighted by Gasteiger charge is 2.11. The van der Waals surface area contributed by atoms with Gasteiger partial charge in [-0.3, -0.25) is 0 Å². The first-order chi connectivity index (χ1) is 9.83. The van der Waals surface area contributed by atoms with Gasteiger partial charge < -0.3 is 14.9 Å². The van der Waals surface area contributed by atoms with Crippen LogP contribution in [0.25, 0.3) is 22.2 Å². The predicted octanol–water partition coefficient (Wildman–Crippen LogP) is 3.65. The van der Waals surface area contributed by atoms with Gasteiger partial charge in [0.1, 0.15) is 5.75 Å². The lowest BCUT2D eigenvalue weighted by molar-refractivity contribution is 0.322. The standard InChI is InChI=1S/C16H14N2O2/c1-20-12-8-6-11(7-9-12)16-14(10-17-19)13-4-2-3-5-15(13)18-16/h2-10,18-19H,1H3. The lowest BCUT2D eigenvalue weighted by atomic mass is 10.1. The van der Waals surface area contributed by atoms with Crippen molar-refractivity contribution in [1.82, 2.24) is 4.98 Å². The molecule has 0 spiro atoms. The molecule has 3 rings (SSSR count). The average molecular weight is 266 g/mol. The number of nitrogens with zero attached hydrogens (tertiary/aromatic N) is 1. The van der Waals surface area contributed by atoms with E-state index in [-0.39, 0.29) is 0 Å². The molecule has 0 amide bonds. The van der Waals surface area contributed by atoms with E-state index in [4.69, 9.17) is 9.94 Å². The van der Waals surface area contributed by atoms with Crippen molar-refractivity contribution >= 4 is 17.1 Å². The Morgan fingerprint density at radius 1 is 1.10 bits per heavy atom. The van der Waals surface area contributed by atoms with Gasteiger partial charge in [0, 0.05) is 16.5 Å². The van der Waals surface area contributed by atoms with Crippen molar-refractivity contribution < 1.29 is 9.94 Å². The molecule has 0 atom stereocenters. The number of para-hydroxylation sites is 1. The van der Waals surface area contributed by atoms with Crippen LogP contribution in [-0.4, -0.2) is 23.5 Å². The van der Waals surface area contributed by atoms with Crippen LogP contribution in [0, 0.1) is 0 Å². The van der Waals surface area contributed by atoms with E-state index in [2.05, 4.69) is 10.1 Å². The van der Waals surface area contributed by atoms with Crippen molar-refractivity contribution in [1.29, 1.82) is 0 Å². The average Bonchev–Trinajstić information content (AvgIpc) is 2.87. The number of benzene rings is 2. The third-order valence-corrected chi connectivity index (χ3v) is 3.31. The molecule has 0 radical (unpaired) electrons. The molecule has 0 aliphatic carbocycles. The van der Waals surface area contributed by atoms with Gasteiger partial charge in [-0.05, 0) is 35.9 Å². The summed E-state index contributed by atoms with van der Waals surface area (Å²) in [7, 11) is 1.64. The second-order valence-electron chi connectivity index (χ2n) is 4.43. The molecule has 20 heavy (non-hydrogen) atoms. The fourth-order valence-corrected chi connectivity index (χ4v) is 2.34. The van der Waals surface area contributed by atoms with E-state index < -0.39 is 0 Å². The molecule has 0 saturated heterocycles. The first kappa shape index (κ1) is 12.3. The maximum atomic E-state index is 8.89. The van der Waals surface area contributed by atoms with E-state index in [9.17, 15) is 0 Å². The summed E-state index contributed by atoms with van der Waals surface area (Å²) >= 11 is 0. The number of aromatic nitrogens is 1. The van der Waals surface area contributed by atoms with E-state index in [0.717, 1.165) is 33.5 Å². The highest BCUT2D eigenvalue weighted by molar-refractivity contribution is 6.05. The molecule has 0 bridgehead atoms. The van der Waals surface area contributed by atoms with Gasteiger partial charge in [-0.25, -0.2) is 0 Å². The fraction of sp³-hybridized carbons (Fsp3) is 0.0625. The number of fused-ring (bicyclic) bond motifs is 1. The molecular weight excluding hydrogens is 252 g/mol. The molecule has 4 nitrogen and oxygen atoms in total. The van der Waals surface area contributed by atoms with Gasteiger partial charge in [0.15, 0.2) is 0 Å². The maximum Gasteiger partial charge on any atom is 0.118 e. The first-order valence-corrected chi connectivity index (χ1v) is 6.26. The smallest absolute Gasteiger partial charge is 0.118 e. The second kappa shape index (κ2) is 5.09. The molecule has 3 aromatic rings. The molecule has 2 aromatic carbocycles. The zero-order chi connectivity index (χ0) is 13.9. The van der Waals surface area contributed by atoms with E-state index in [1.807, 2.05) is 48.5 Å². The molecule has 1 aromatic heterocycles. The molecular formula is C16H14N2O2. The van der Waals surface area contributed by atoms with Crippen LogP contribution in [0.15, 0.2) is 53.7 Å². The fourth-order valence-electron chi connectivity index (χ4n) is 2.34. The number of hydrogen-bond acceptors (Lipinski definition) is 3. The van der Waals surface area contributed by atoms with Crippen LogP contribution in [0.5, 0.6) is 5.75 Å². The summed E-state index contributed by atoms with van der Waals surface area (Å²) in [5.74, 6) is 0.808. The number of ether oxygens (including phenoxy) is 1. The number of hydrogen-bond donors (Lipinski definition) is 2.